The van der Waals surface area contributed by atoms with Crippen LogP contribution in [0.5, 0.6) is 0 Å². The van der Waals surface area contributed by atoms with E-state index >= 15 is 0 Å². The van der Waals surface area contributed by atoms with Gasteiger partial charge < -0.3 is 15.4 Å². The van der Waals surface area contributed by atoms with Crippen molar-refractivity contribution in [3.05, 3.63) is 52.0 Å². The molecule has 0 aliphatic heterocycles. The Morgan fingerprint density at radius 2 is 2.04 bits per heavy atom. The normalized spacial score (nSPS) is 12.3. The number of rotatable bonds is 9. The van der Waals surface area contributed by atoms with Crippen molar-refractivity contribution in [1.29, 1.82) is 0 Å². The average molecular weight is 488 g/mol. The lowest BCUT2D eigenvalue weighted by molar-refractivity contribution is 0.0646. The van der Waals surface area contributed by atoms with Crippen LogP contribution in [-0.2, 0) is 11.3 Å². The van der Waals surface area contributed by atoms with Crippen LogP contribution in [0.25, 0.3) is 0 Å². The molecule has 26 heavy (non-hydrogen) atoms. The van der Waals surface area contributed by atoms with E-state index in [1.54, 1.807) is 11.3 Å². The maximum absolute atomic E-state index is 5.89. The van der Waals surface area contributed by atoms with Crippen LogP contribution in [0.4, 0.5) is 0 Å². The van der Waals surface area contributed by atoms with Gasteiger partial charge in [-0.15, -0.1) is 35.3 Å². The number of hydrogen-bond acceptors (Lipinski definition) is 4. The summed E-state index contributed by atoms with van der Waals surface area (Å²) < 4.78 is 5.89. The monoisotopic (exact) mass is 488 g/mol. The van der Waals surface area contributed by atoms with Crippen molar-refractivity contribution in [2.45, 2.75) is 39.8 Å². The molecule has 0 saturated carbocycles. The summed E-state index contributed by atoms with van der Waals surface area (Å²) in [5, 5.41) is 7.64. The van der Waals surface area contributed by atoms with Gasteiger partial charge in [0.25, 0.3) is 0 Å². The number of benzene rings is 1. The molecular weight excluding hydrogens is 459 g/mol. The van der Waals surface area contributed by atoms with Gasteiger partial charge in [-0.05, 0) is 32.8 Å². The molecule has 1 aromatic heterocycles. The Labute approximate surface area is 177 Å². The maximum Gasteiger partial charge on any atom is 0.191 e. The highest BCUT2D eigenvalue weighted by molar-refractivity contribution is 14.0. The number of thiazole rings is 1. The molecule has 2 aromatic rings. The van der Waals surface area contributed by atoms with Gasteiger partial charge in [0.15, 0.2) is 5.96 Å². The van der Waals surface area contributed by atoms with E-state index in [4.69, 9.17) is 4.74 Å². The highest BCUT2D eigenvalue weighted by Crippen LogP contribution is 2.15. The van der Waals surface area contributed by atoms with E-state index in [0.717, 1.165) is 30.5 Å². The van der Waals surface area contributed by atoms with Crippen molar-refractivity contribution in [2.75, 3.05) is 19.7 Å². The van der Waals surface area contributed by atoms with E-state index in [-0.39, 0.29) is 30.1 Å². The number of hydrogen-bond donors (Lipinski definition) is 2. The van der Waals surface area contributed by atoms with Crippen LogP contribution in [0.3, 0.4) is 0 Å². The first kappa shape index (κ1) is 22.9. The summed E-state index contributed by atoms with van der Waals surface area (Å²) in [4.78, 5) is 10.1. The second-order valence-electron chi connectivity index (χ2n) is 5.76. The topological polar surface area (TPSA) is 58.5 Å². The summed E-state index contributed by atoms with van der Waals surface area (Å²) in [6, 6.07) is 10.3. The van der Waals surface area contributed by atoms with Crippen molar-refractivity contribution in [3.8, 4) is 0 Å². The van der Waals surface area contributed by atoms with Crippen LogP contribution < -0.4 is 10.6 Å². The summed E-state index contributed by atoms with van der Waals surface area (Å²) in [5.74, 6) is 0.825. The highest BCUT2D eigenvalue weighted by atomic mass is 127. The number of aliphatic imine (C=N–C) groups is 1. The van der Waals surface area contributed by atoms with Crippen LogP contribution in [0.1, 0.15) is 41.8 Å². The molecule has 1 unspecified atom stereocenters. The molecule has 1 heterocycles. The average Bonchev–Trinajstić information content (AvgIpc) is 3.05. The largest absolute Gasteiger partial charge is 0.374 e. The number of halogens is 1. The minimum Gasteiger partial charge on any atom is -0.374 e. The third-order valence-corrected chi connectivity index (χ3v) is 4.53. The zero-order chi connectivity index (χ0) is 17.9. The maximum atomic E-state index is 5.89. The molecule has 0 amide bonds. The van der Waals surface area contributed by atoms with Crippen LogP contribution in [0.15, 0.2) is 41.5 Å². The fraction of sp³-hybridized carbons (Fsp3) is 0.474. The number of aromatic nitrogens is 1. The van der Waals surface area contributed by atoms with Gasteiger partial charge >= 0.3 is 0 Å². The standard InChI is InChI=1S/C19H28N4OS.HI/c1-4-20-19(23-14-18-22-13-15(2)25-18)21-11-8-12-24-16(3)17-9-6-5-7-10-17;/h5-7,9-10,13,16H,4,8,11-12,14H2,1-3H3,(H2,20,21,23);1H. The second kappa shape index (κ2) is 13.1. The van der Waals surface area contributed by atoms with Crippen LogP contribution in [0, 0.1) is 6.92 Å². The zero-order valence-electron chi connectivity index (χ0n) is 15.7. The number of nitrogens with zero attached hydrogens (tertiary/aromatic N) is 2. The van der Waals surface area contributed by atoms with Crippen molar-refractivity contribution in [2.24, 2.45) is 4.99 Å². The number of ether oxygens (including phenoxy) is 1. The molecule has 0 aliphatic carbocycles. The lowest BCUT2D eigenvalue weighted by Gasteiger charge is -2.14. The number of aryl methyl sites for hydroxylation is 1. The molecule has 0 spiro atoms. The second-order valence-corrected chi connectivity index (χ2v) is 7.08. The molecular formula is C19H29IN4OS. The van der Waals surface area contributed by atoms with Crippen molar-refractivity contribution in [3.63, 3.8) is 0 Å². The van der Waals surface area contributed by atoms with Crippen molar-refractivity contribution >= 4 is 41.3 Å². The Hall–Kier alpha value is -1.19. The highest BCUT2D eigenvalue weighted by Gasteiger charge is 2.04. The fourth-order valence-electron chi connectivity index (χ4n) is 2.32. The van der Waals surface area contributed by atoms with Crippen molar-refractivity contribution in [1.82, 2.24) is 15.6 Å². The van der Waals surface area contributed by atoms with Gasteiger partial charge in [0, 0.05) is 30.8 Å². The van der Waals surface area contributed by atoms with E-state index in [1.807, 2.05) is 24.4 Å². The predicted molar refractivity (Wildman–Crippen MR) is 121 cm³/mol. The summed E-state index contributed by atoms with van der Waals surface area (Å²) in [6.45, 7) is 9.20. The van der Waals surface area contributed by atoms with Gasteiger partial charge in [0.05, 0.1) is 12.6 Å². The smallest absolute Gasteiger partial charge is 0.191 e. The minimum absolute atomic E-state index is 0. The predicted octanol–water partition coefficient (Wildman–Crippen LogP) is 4.29. The minimum atomic E-state index is 0. The van der Waals surface area contributed by atoms with Crippen LogP contribution >= 0.6 is 35.3 Å². The molecule has 2 N–H and O–H groups in total. The first-order valence-electron chi connectivity index (χ1n) is 8.79. The number of guanidine groups is 1. The van der Waals surface area contributed by atoms with E-state index in [2.05, 4.69) is 53.5 Å². The van der Waals surface area contributed by atoms with E-state index in [9.17, 15) is 0 Å². The Bertz CT molecular complexity index is 648. The Morgan fingerprint density at radius 1 is 1.27 bits per heavy atom. The Kier molecular flexibility index (Phi) is 11.5. The van der Waals surface area contributed by atoms with Crippen LogP contribution in [0.2, 0.25) is 0 Å². The summed E-state index contributed by atoms with van der Waals surface area (Å²) in [6.07, 6.45) is 2.94. The van der Waals surface area contributed by atoms with Gasteiger partial charge in [-0.1, -0.05) is 30.3 Å². The molecule has 144 valence electrons. The van der Waals surface area contributed by atoms with Gasteiger partial charge in [-0.25, -0.2) is 9.98 Å². The molecule has 1 atom stereocenters. The first-order chi connectivity index (χ1) is 12.2. The van der Waals surface area contributed by atoms with E-state index in [1.165, 1.54) is 10.4 Å². The molecule has 7 heteroatoms. The first-order valence-corrected chi connectivity index (χ1v) is 9.60. The van der Waals surface area contributed by atoms with E-state index < -0.39 is 0 Å². The summed E-state index contributed by atoms with van der Waals surface area (Å²) in [5.41, 5.74) is 1.21. The molecule has 0 radical (unpaired) electrons. The molecule has 1 aromatic carbocycles. The van der Waals surface area contributed by atoms with Crippen molar-refractivity contribution < 1.29 is 4.74 Å². The van der Waals surface area contributed by atoms with Gasteiger partial charge in [-0.3, -0.25) is 0 Å². The molecule has 0 fully saturated rings. The van der Waals surface area contributed by atoms with E-state index in [0.29, 0.717) is 13.2 Å². The SMILES string of the molecule is CCNC(=NCc1ncc(C)s1)NCCCOC(C)c1ccccc1.I. The molecule has 0 saturated heterocycles. The lowest BCUT2D eigenvalue weighted by Crippen LogP contribution is -2.38. The molecule has 5 nitrogen and oxygen atoms in total. The summed E-state index contributed by atoms with van der Waals surface area (Å²) in [7, 11) is 0. The third-order valence-electron chi connectivity index (χ3n) is 3.64. The fourth-order valence-corrected chi connectivity index (χ4v) is 3.03. The Balaban J connectivity index is 0.00000338. The third kappa shape index (κ3) is 8.46. The van der Waals surface area contributed by atoms with Gasteiger partial charge in [0.1, 0.15) is 5.01 Å². The molecule has 0 aliphatic rings. The zero-order valence-corrected chi connectivity index (χ0v) is 18.8. The molecule has 2 rings (SSSR count). The van der Waals surface area contributed by atoms with Gasteiger partial charge in [0.2, 0.25) is 0 Å². The lowest BCUT2D eigenvalue weighted by atomic mass is 10.1. The quantitative estimate of drug-likeness (QED) is 0.239. The van der Waals surface area contributed by atoms with Gasteiger partial charge in [-0.2, -0.15) is 0 Å². The summed E-state index contributed by atoms with van der Waals surface area (Å²) >= 11 is 1.69. The number of nitrogens with one attached hydrogen (secondary N) is 2. The Morgan fingerprint density at radius 3 is 2.69 bits per heavy atom. The van der Waals surface area contributed by atoms with Crippen LogP contribution in [-0.4, -0.2) is 30.6 Å². The molecule has 0 bridgehead atoms.